The number of benzene rings is 2. The van der Waals surface area contributed by atoms with Gasteiger partial charge in [0.2, 0.25) is 0 Å². The van der Waals surface area contributed by atoms with Crippen molar-refractivity contribution in [2.24, 2.45) is 0 Å². The van der Waals surface area contributed by atoms with E-state index in [2.05, 4.69) is 31.9 Å². The monoisotopic (exact) mass is 411 g/mol. The van der Waals surface area contributed by atoms with Crippen LogP contribution in [0.1, 0.15) is 11.1 Å². The minimum absolute atomic E-state index is 0.535. The van der Waals surface area contributed by atoms with Crippen LogP contribution in [0.3, 0.4) is 0 Å². The zero-order chi connectivity index (χ0) is 14.3. The van der Waals surface area contributed by atoms with E-state index in [1.54, 1.807) is 0 Å². The van der Waals surface area contributed by atoms with Gasteiger partial charge in [-0.15, -0.1) is 0 Å². The van der Waals surface area contributed by atoms with Gasteiger partial charge in [-0.2, -0.15) is 0 Å². The molecule has 0 unspecified atom stereocenters. The van der Waals surface area contributed by atoms with Crippen LogP contribution >= 0.6 is 43.5 Å². The Balaban J connectivity index is 2.42. The summed E-state index contributed by atoms with van der Waals surface area (Å²) in [5.74, 6) is 0. The summed E-state index contributed by atoms with van der Waals surface area (Å²) in [5, 5.41) is -0.535. The molecule has 1 heterocycles. The van der Waals surface area contributed by atoms with Gasteiger partial charge in [0.1, 0.15) is 0 Å². The number of rotatable bonds is 0. The van der Waals surface area contributed by atoms with Crippen molar-refractivity contribution in [1.82, 2.24) is 0 Å². The normalized spacial score (nSPS) is 13.7. The van der Waals surface area contributed by atoms with Crippen molar-refractivity contribution >= 4 is 69.2 Å². The Morgan fingerprint density at radius 2 is 1.25 bits per heavy atom. The molecule has 1 aliphatic heterocycles. The van der Waals surface area contributed by atoms with Crippen LogP contribution in [0.15, 0.2) is 48.5 Å². The Morgan fingerprint density at radius 3 is 1.65 bits per heavy atom. The summed E-state index contributed by atoms with van der Waals surface area (Å²) in [6.07, 6.45) is 0. The van der Waals surface area contributed by atoms with Crippen LogP contribution in [0.4, 0.5) is 16.2 Å². The van der Waals surface area contributed by atoms with Crippen molar-refractivity contribution in [3.05, 3.63) is 59.7 Å². The van der Waals surface area contributed by atoms with E-state index in [0.29, 0.717) is 0 Å². The third-order valence-electron chi connectivity index (χ3n) is 3.13. The number of fused-ring (bicyclic) bond motifs is 2. The van der Waals surface area contributed by atoms with Gasteiger partial charge in [-0.1, -0.05) is 36.4 Å². The van der Waals surface area contributed by atoms with Gasteiger partial charge >= 0.3 is 5.37 Å². The number of hydrogen-bond donors (Lipinski definition) is 0. The first-order valence-corrected chi connectivity index (χ1v) is 7.81. The summed E-state index contributed by atoms with van der Waals surface area (Å²) in [6.45, 7) is 0. The quantitative estimate of drug-likeness (QED) is 0.377. The van der Waals surface area contributed by atoms with E-state index in [4.69, 9.17) is 11.6 Å². The molecule has 3 rings (SSSR count). The maximum absolute atomic E-state index is 11.9. The van der Waals surface area contributed by atoms with Gasteiger partial charge in [0.05, 0.1) is 11.4 Å². The van der Waals surface area contributed by atoms with Crippen LogP contribution in [0.25, 0.3) is 8.96 Å². The summed E-state index contributed by atoms with van der Waals surface area (Å²) in [4.78, 5) is 13.4. The smallest absolute Gasteiger partial charge is 0.266 e. The van der Waals surface area contributed by atoms with E-state index in [0.717, 1.165) is 31.5 Å². The lowest BCUT2D eigenvalue weighted by Crippen LogP contribution is -2.20. The molecule has 100 valence electrons. The van der Waals surface area contributed by atoms with Crippen LogP contribution in [-0.2, 0) is 0 Å². The van der Waals surface area contributed by atoms with Gasteiger partial charge in [-0.05, 0) is 55.6 Å². The third kappa shape index (κ3) is 2.12. The molecule has 0 aliphatic carbocycles. The summed E-state index contributed by atoms with van der Waals surface area (Å²) < 4.78 is 1.78. The lowest BCUT2D eigenvalue weighted by molar-refractivity contribution is 0.266. The van der Waals surface area contributed by atoms with E-state index >= 15 is 0 Å². The van der Waals surface area contributed by atoms with Crippen molar-refractivity contribution in [3.63, 3.8) is 0 Å². The van der Waals surface area contributed by atoms with Crippen molar-refractivity contribution < 1.29 is 4.79 Å². The van der Waals surface area contributed by atoms with Crippen LogP contribution in [0.2, 0.25) is 0 Å². The molecule has 2 aromatic carbocycles. The number of para-hydroxylation sites is 2. The second kappa shape index (κ2) is 5.35. The molecule has 20 heavy (non-hydrogen) atoms. The van der Waals surface area contributed by atoms with Crippen molar-refractivity contribution in [2.45, 2.75) is 0 Å². The Labute approximate surface area is 138 Å². The molecule has 1 aliphatic rings. The van der Waals surface area contributed by atoms with Gasteiger partial charge in [0, 0.05) is 20.1 Å². The Hall–Kier alpha value is -1.10. The SMILES string of the molecule is O=C(Cl)N1c2ccccc2C(Br)=C(Br)c2ccccc21. The molecule has 5 heteroatoms. The fourth-order valence-electron chi connectivity index (χ4n) is 2.26. The molecule has 0 saturated heterocycles. The average molecular weight is 413 g/mol. The minimum Gasteiger partial charge on any atom is -0.266 e. The molecule has 0 fully saturated rings. The Morgan fingerprint density at radius 1 is 0.850 bits per heavy atom. The first-order valence-electron chi connectivity index (χ1n) is 5.85. The zero-order valence-corrected chi connectivity index (χ0v) is 14.0. The molecular weight excluding hydrogens is 405 g/mol. The highest BCUT2D eigenvalue weighted by atomic mass is 79.9. The van der Waals surface area contributed by atoms with E-state index in [1.807, 2.05) is 48.5 Å². The summed E-state index contributed by atoms with van der Waals surface area (Å²) in [5.41, 5.74) is 3.32. The van der Waals surface area contributed by atoms with Gasteiger partial charge in [-0.25, -0.2) is 0 Å². The lowest BCUT2D eigenvalue weighted by atomic mass is 10.1. The fourth-order valence-corrected chi connectivity index (χ4v) is 3.54. The first-order chi connectivity index (χ1) is 9.61. The minimum atomic E-state index is -0.535. The molecule has 0 atom stereocenters. The maximum Gasteiger partial charge on any atom is 0.325 e. The predicted octanol–water partition coefficient (Wildman–Crippen LogP) is 6.11. The van der Waals surface area contributed by atoms with E-state index < -0.39 is 5.37 Å². The van der Waals surface area contributed by atoms with Crippen molar-refractivity contribution in [3.8, 4) is 0 Å². The number of nitrogens with zero attached hydrogens (tertiary/aromatic N) is 1. The molecule has 0 saturated carbocycles. The molecule has 2 aromatic rings. The van der Waals surface area contributed by atoms with Crippen LogP contribution in [0, 0.1) is 0 Å². The second-order valence-corrected chi connectivity index (χ2v) is 6.16. The summed E-state index contributed by atoms with van der Waals surface area (Å²) >= 11 is 13.0. The van der Waals surface area contributed by atoms with Crippen LogP contribution in [0.5, 0.6) is 0 Å². The van der Waals surface area contributed by atoms with E-state index in [-0.39, 0.29) is 0 Å². The van der Waals surface area contributed by atoms with Gasteiger partial charge in [0.25, 0.3) is 0 Å². The molecule has 0 bridgehead atoms. The van der Waals surface area contributed by atoms with Gasteiger partial charge < -0.3 is 0 Å². The van der Waals surface area contributed by atoms with Crippen molar-refractivity contribution in [1.29, 1.82) is 0 Å². The molecule has 0 aromatic heterocycles. The maximum atomic E-state index is 11.9. The number of carbonyl (C=O) groups excluding carboxylic acids is 1. The Kier molecular flexibility index (Phi) is 3.71. The second-order valence-electron chi connectivity index (χ2n) is 4.25. The average Bonchev–Trinajstić information content (AvgIpc) is 2.55. The highest BCUT2D eigenvalue weighted by molar-refractivity contribution is 9.18. The number of carbonyl (C=O) groups is 1. The highest BCUT2D eigenvalue weighted by Crippen LogP contribution is 2.48. The number of amides is 1. The van der Waals surface area contributed by atoms with Gasteiger partial charge in [-0.3, -0.25) is 9.69 Å². The molecule has 2 nitrogen and oxygen atoms in total. The number of halogens is 3. The van der Waals surface area contributed by atoms with Crippen molar-refractivity contribution in [2.75, 3.05) is 4.90 Å². The van der Waals surface area contributed by atoms with E-state index in [9.17, 15) is 4.79 Å². The van der Waals surface area contributed by atoms with Crippen LogP contribution in [-0.4, -0.2) is 5.37 Å². The van der Waals surface area contributed by atoms with Gasteiger partial charge in [0.15, 0.2) is 0 Å². The topological polar surface area (TPSA) is 20.3 Å². The number of anilines is 2. The predicted molar refractivity (Wildman–Crippen MR) is 90.9 cm³/mol. The molecule has 0 N–H and O–H groups in total. The number of hydrogen-bond acceptors (Lipinski definition) is 1. The van der Waals surface area contributed by atoms with E-state index in [1.165, 1.54) is 4.90 Å². The standard InChI is InChI=1S/C15H8Br2ClNO/c16-13-9-5-1-3-7-11(9)19(15(18)20)12-8-4-2-6-10(12)14(13)17/h1-8H. The highest BCUT2D eigenvalue weighted by Gasteiger charge is 2.27. The largest absolute Gasteiger partial charge is 0.325 e. The summed E-state index contributed by atoms with van der Waals surface area (Å²) in [7, 11) is 0. The Bertz CT molecular complexity index is 687. The molecular formula is C15H8Br2ClNO. The fraction of sp³-hybridized carbons (Fsp3) is 0. The molecule has 0 radical (unpaired) electrons. The van der Waals surface area contributed by atoms with Crippen LogP contribution < -0.4 is 4.90 Å². The third-order valence-corrected chi connectivity index (χ3v) is 5.48. The molecule has 1 amide bonds. The lowest BCUT2D eigenvalue weighted by Gasteiger charge is -2.22. The molecule has 0 spiro atoms. The zero-order valence-electron chi connectivity index (χ0n) is 10.1. The summed E-state index contributed by atoms with van der Waals surface area (Å²) in [6, 6.07) is 15.2. The first kappa shape index (κ1) is 13.9.